The van der Waals surface area contributed by atoms with Gasteiger partial charge in [0.05, 0.1) is 0 Å². The molecule has 13 heavy (non-hydrogen) atoms. The van der Waals surface area contributed by atoms with Gasteiger partial charge in [-0.2, -0.15) is 11.8 Å². The first kappa shape index (κ1) is 10.3. The first-order valence-electron chi connectivity index (χ1n) is 4.27. The fraction of sp³-hybridized carbons (Fsp3) is 0.556. The Balaban J connectivity index is 2.53. The van der Waals surface area contributed by atoms with Crippen molar-refractivity contribution in [2.45, 2.75) is 19.9 Å². The van der Waals surface area contributed by atoms with Gasteiger partial charge in [-0.15, -0.1) is 0 Å². The van der Waals surface area contributed by atoms with E-state index in [9.17, 15) is 0 Å². The Morgan fingerprint density at radius 3 is 3.00 bits per heavy atom. The van der Waals surface area contributed by atoms with Crippen LogP contribution in [0.2, 0.25) is 0 Å². The molecule has 1 N–H and O–H groups in total. The van der Waals surface area contributed by atoms with E-state index in [1.165, 1.54) is 0 Å². The fourth-order valence-electron chi connectivity index (χ4n) is 1.03. The van der Waals surface area contributed by atoms with Gasteiger partial charge >= 0.3 is 0 Å². The Bertz CT molecular complexity index is 265. The Morgan fingerprint density at radius 2 is 2.38 bits per heavy atom. The van der Waals surface area contributed by atoms with E-state index < -0.39 is 0 Å². The lowest BCUT2D eigenvalue weighted by molar-refractivity contribution is 0.883. The molecule has 1 heterocycles. The fourth-order valence-corrected chi connectivity index (χ4v) is 1.61. The van der Waals surface area contributed by atoms with Crippen LogP contribution in [0.4, 0.5) is 5.95 Å². The minimum atomic E-state index is 0.414. The standard InChI is InChI=1S/C9H15N3S/c1-7-4-5-10-9(11-7)12-8(2)6-13-3/h4-5,8H,6H2,1-3H3,(H,10,11,12). The second kappa shape index (κ2) is 5.07. The van der Waals surface area contributed by atoms with Crippen molar-refractivity contribution in [1.29, 1.82) is 0 Å². The summed E-state index contributed by atoms with van der Waals surface area (Å²) in [5, 5.41) is 3.24. The lowest BCUT2D eigenvalue weighted by atomic mass is 10.4. The minimum absolute atomic E-state index is 0.414. The van der Waals surface area contributed by atoms with Gasteiger partial charge in [0.1, 0.15) is 0 Å². The molecule has 1 unspecified atom stereocenters. The third-order valence-electron chi connectivity index (χ3n) is 1.59. The van der Waals surface area contributed by atoms with Crippen LogP contribution >= 0.6 is 11.8 Å². The molecule has 1 rings (SSSR count). The maximum atomic E-state index is 4.26. The van der Waals surface area contributed by atoms with Gasteiger partial charge in [0, 0.05) is 23.7 Å². The maximum absolute atomic E-state index is 4.26. The molecule has 1 aromatic rings. The number of anilines is 1. The molecule has 4 heteroatoms. The van der Waals surface area contributed by atoms with Gasteiger partial charge < -0.3 is 5.32 Å². The molecular formula is C9H15N3S. The lowest BCUT2D eigenvalue weighted by Crippen LogP contribution is -2.19. The molecular weight excluding hydrogens is 182 g/mol. The van der Waals surface area contributed by atoms with E-state index in [2.05, 4.69) is 28.5 Å². The topological polar surface area (TPSA) is 37.8 Å². The average Bonchev–Trinajstić information content (AvgIpc) is 2.04. The maximum Gasteiger partial charge on any atom is 0.223 e. The summed E-state index contributed by atoms with van der Waals surface area (Å²) in [5.41, 5.74) is 0.994. The first-order valence-corrected chi connectivity index (χ1v) is 5.67. The summed E-state index contributed by atoms with van der Waals surface area (Å²) in [6.45, 7) is 4.09. The Kier molecular flexibility index (Phi) is 4.02. The minimum Gasteiger partial charge on any atom is -0.351 e. The predicted molar refractivity (Wildman–Crippen MR) is 58.2 cm³/mol. The zero-order chi connectivity index (χ0) is 9.68. The highest BCUT2D eigenvalue weighted by Gasteiger charge is 2.02. The summed E-state index contributed by atoms with van der Waals surface area (Å²) < 4.78 is 0. The van der Waals surface area contributed by atoms with Gasteiger partial charge in [0.25, 0.3) is 0 Å². The molecule has 0 saturated heterocycles. The van der Waals surface area contributed by atoms with Gasteiger partial charge in [-0.1, -0.05) is 0 Å². The molecule has 0 fully saturated rings. The molecule has 0 saturated carbocycles. The van der Waals surface area contributed by atoms with E-state index in [0.717, 1.165) is 17.4 Å². The number of thioether (sulfide) groups is 1. The molecule has 0 aromatic carbocycles. The molecule has 1 aromatic heterocycles. The smallest absolute Gasteiger partial charge is 0.223 e. The third kappa shape index (κ3) is 3.63. The van der Waals surface area contributed by atoms with Crippen LogP contribution in [0.5, 0.6) is 0 Å². The molecule has 3 nitrogen and oxygen atoms in total. The third-order valence-corrected chi connectivity index (χ3v) is 2.42. The van der Waals surface area contributed by atoms with E-state index >= 15 is 0 Å². The first-order chi connectivity index (χ1) is 6.22. The summed E-state index contributed by atoms with van der Waals surface area (Å²) in [7, 11) is 0. The van der Waals surface area contributed by atoms with E-state index in [0.29, 0.717) is 6.04 Å². The number of nitrogens with zero attached hydrogens (tertiary/aromatic N) is 2. The number of aryl methyl sites for hydroxylation is 1. The summed E-state index contributed by atoms with van der Waals surface area (Å²) in [6, 6.07) is 2.31. The van der Waals surface area contributed by atoms with Crippen molar-refractivity contribution in [1.82, 2.24) is 9.97 Å². The van der Waals surface area contributed by atoms with Crippen molar-refractivity contribution in [3.8, 4) is 0 Å². The number of hydrogen-bond acceptors (Lipinski definition) is 4. The quantitative estimate of drug-likeness (QED) is 0.800. The Labute approximate surface area is 83.4 Å². The van der Waals surface area contributed by atoms with E-state index in [1.54, 1.807) is 6.20 Å². The second-order valence-corrected chi connectivity index (χ2v) is 3.93. The molecule has 0 aliphatic heterocycles. The molecule has 72 valence electrons. The lowest BCUT2D eigenvalue weighted by Gasteiger charge is -2.11. The van der Waals surface area contributed by atoms with Crippen LogP contribution in [0.15, 0.2) is 12.3 Å². The van der Waals surface area contributed by atoms with Gasteiger partial charge in [0.2, 0.25) is 5.95 Å². The molecule has 1 atom stereocenters. The Hall–Kier alpha value is -0.770. The van der Waals surface area contributed by atoms with E-state index in [1.807, 2.05) is 24.8 Å². The van der Waals surface area contributed by atoms with Crippen LogP contribution in [0.25, 0.3) is 0 Å². The molecule has 0 aliphatic carbocycles. The second-order valence-electron chi connectivity index (χ2n) is 3.02. The van der Waals surface area contributed by atoms with Crippen LogP contribution in [-0.4, -0.2) is 28.0 Å². The average molecular weight is 197 g/mol. The number of rotatable bonds is 4. The van der Waals surface area contributed by atoms with Gasteiger partial charge in [-0.05, 0) is 26.2 Å². The molecule has 0 spiro atoms. The van der Waals surface area contributed by atoms with Crippen LogP contribution < -0.4 is 5.32 Å². The van der Waals surface area contributed by atoms with E-state index in [4.69, 9.17) is 0 Å². The van der Waals surface area contributed by atoms with Gasteiger partial charge in [-0.25, -0.2) is 9.97 Å². The highest BCUT2D eigenvalue weighted by atomic mass is 32.2. The van der Waals surface area contributed by atoms with Gasteiger partial charge in [-0.3, -0.25) is 0 Å². The van der Waals surface area contributed by atoms with Gasteiger partial charge in [0.15, 0.2) is 0 Å². The largest absolute Gasteiger partial charge is 0.351 e. The summed E-state index contributed by atoms with van der Waals surface area (Å²) in [6.07, 6.45) is 3.87. The summed E-state index contributed by atoms with van der Waals surface area (Å²) in [4.78, 5) is 8.39. The highest BCUT2D eigenvalue weighted by Crippen LogP contribution is 2.04. The summed E-state index contributed by atoms with van der Waals surface area (Å²) in [5.74, 6) is 1.79. The zero-order valence-corrected chi connectivity index (χ0v) is 9.06. The SMILES string of the molecule is CSCC(C)Nc1nccc(C)n1. The van der Waals surface area contributed by atoms with Crippen molar-refractivity contribution in [2.75, 3.05) is 17.3 Å². The van der Waals surface area contributed by atoms with Crippen LogP contribution in [0, 0.1) is 6.92 Å². The number of hydrogen-bond donors (Lipinski definition) is 1. The van der Waals surface area contributed by atoms with Crippen LogP contribution in [0.3, 0.4) is 0 Å². The van der Waals surface area contributed by atoms with Crippen LogP contribution in [0.1, 0.15) is 12.6 Å². The Morgan fingerprint density at radius 1 is 1.62 bits per heavy atom. The number of nitrogens with one attached hydrogen (secondary N) is 1. The molecule has 0 radical (unpaired) electrons. The predicted octanol–water partition coefficient (Wildman–Crippen LogP) is 1.95. The van der Waals surface area contributed by atoms with Crippen molar-refractivity contribution >= 4 is 17.7 Å². The molecule has 0 bridgehead atoms. The van der Waals surface area contributed by atoms with Crippen LogP contribution in [-0.2, 0) is 0 Å². The van der Waals surface area contributed by atoms with Crippen molar-refractivity contribution < 1.29 is 0 Å². The van der Waals surface area contributed by atoms with Crippen molar-refractivity contribution in [2.24, 2.45) is 0 Å². The summed E-state index contributed by atoms with van der Waals surface area (Å²) >= 11 is 1.82. The highest BCUT2D eigenvalue weighted by molar-refractivity contribution is 7.98. The monoisotopic (exact) mass is 197 g/mol. The normalized spacial score (nSPS) is 12.5. The van der Waals surface area contributed by atoms with E-state index in [-0.39, 0.29) is 0 Å². The van der Waals surface area contributed by atoms with Crippen molar-refractivity contribution in [3.05, 3.63) is 18.0 Å². The number of aromatic nitrogens is 2. The van der Waals surface area contributed by atoms with Crippen molar-refractivity contribution in [3.63, 3.8) is 0 Å². The zero-order valence-electron chi connectivity index (χ0n) is 8.24. The molecule has 0 amide bonds. The molecule has 0 aliphatic rings.